The maximum Gasteiger partial charge on any atom is 0.167 e. The number of ether oxygens (including phenoxy) is 1. The normalized spacial score (nSPS) is 10.7. The van der Waals surface area contributed by atoms with Gasteiger partial charge in [-0.15, -0.1) is 0 Å². The number of benzene rings is 2. The first-order chi connectivity index (χ1) is 11.3. The van der Waals surface area contributed by atoms with Crippen LogP contribution in [-0.2, 0) is 13.0 Å². The van der Waals surface area contributed by atoms with Crippen LogP contribution in [0.1, 0.15) is 17.7 Å². The SMILES string of the molecule is OCc1cc(-c2ccc(OCCCc3ccccc3)cc2)on1. The molecule has 23 heavy (non-hydrogen) atoms. The molecule has 0 atom stereocenters. The first-order valence-corrected chi connectivity index (χ1v) is 7.69. The highest BCUT2D eigenvalue weighted by atomic mass is 16.5. The molecule has 0 saturated heterocycles. The summed E-state index contributed by atoms with van der Waals surface area (Å²) in [4.78, 5) is 0. The van der Waals surface area contributed by atoms with Gasteiger partial charge in [-0.1, -0.05) is 35.5 Å². The van der Waals surface area contributed by atoms with Crippen LogP contribution in [0.4, 0.5) is 0 Å². The van der Waals surface area contributed by atoms with Crippen molar-refractivity contribution in [3.63, 3.8) is 0 Å². The van der Waals surface area contributed by atoms with Crippen molar-refractivity contribution in [3.8, 4) is 17.1 Å². The summed E-state index contributed by atoms with van der Waals surface area (Å²) in [6.07, 6.45) is 1.99. The maximum absolute atomic E-state index is 9.00. The van der Waals surface area contributed by atoms with E-state index in [2.05, 4.69) is 29.4 Å². The van der Waals surface area contributed by atoms with E-state index >= 15 is 0 Å². The largest absolute Gasteiger partial charge is 0.494 e. The van der Waals surface area contributed by atoms with Gasteiger partial charge in [-0.2, -0.15) is 0 Å². The van der Waals surface area contributed by atoms with E-state index in [0.29, 0.717) is 18.1 Å². The zero-order valence-electron chi connectivity index (χ0n) is 12.8. The Morgan fingerprint density at radius 3 is 2.48 bits per heavy atom. The number of aromatic nitrogens is 1. The van der Waals surface area contributed by atoms with Gasteiger partial charge in [0.25, 0.3) is 0 Å². The van der Waals surface area contributed by atoms with Gasteiger partial charge in [0, 0.05) is 11.6 Å². The lowest BCUT2D eigenvalue weighted by Gasteiger charge is -2.06. The van der Waals surface area contributed by atoms with Gasteiger partial charge in [-0.05, 0) is 42.7 Å². The lowest BCUT2D eigenvalue weighted by Crippen LogP contribution is -1.99. The summed E-state index contributed by atoms with van der Waals surface area (Å²) < 4.78 is 10.9. The van der Waals surface area contributed by atoms with E-state index in [9.17, 15) is 0 Å². The molecule has 0 unspecified atom stereocenters. The number of rotatable bonds is 7. The highest BCUT2D eigenvalue weighted by Crippen LogP contribution is 2.23. The van der Waals surface area contributed by atoms with E-state index in [4.69, 9.17) is 14.4 Å². The van der Waals surface area contributed by atoms with Crippen LogP contribution in [0.2, 0.25) is 0 Å². The van der Waals surface area contributed by atoms with Crippen molar-refractivity contribution in [1.82, 2.24) is 5.16 Å². The number of hydrogen-bond donors (Lipinski definition) is 1. The second-order valence-corrected chi connectivity index (χ2v) is 5.30. The molecule has 0 saturated carbocycles. The molecule has 4 nitrogen and oxygen atoms in total. The average Bonchev–Trinajstić information content (AvgIpc) is 3.09. The third kappa shape index (κ3) is 4.20. The molecule has 0 fully saturated rings. The second kappa shape index (κ2) is 7.61. The predicted molar refractivity (Wildman–Crippen MR) is 88.1 cm³/mol. The van der Waals surface area contributed by atoms with Crippen LogP contribution in [-0.4, -0.2) is 16.9 Å². The third-order valence-corrected chi connectivity index (χ3v) is 3.58. The highest BCUT2D eigenvalue weighted by molar-refractivity contribution is 5.58. The molecule has 3 aromatic rings. The van der Waals surface area contributed by atoms with Crippen LogP contribution < -0.4 is 4.74 Å². The molecule has 0 bridgehead atoms. The Kier molecular flexibility index (Phi) is 5.06. The Morgan fingerprint density at radius 1 is 1.00 bits per heavy atom. The van der Waals surface area contributed by atoms with E-state index in [0.717, 1.165) is 24.2 Å². The summed E-state index contributed by atoms with van der Waals surface area (Å²) in [5.41, 5.74) is 2.77. The first kappa shape index (κ1) is 15.3. The van der Waals surface area contributed by atoms with Crippen LogP contribution in [0.25, 0.3) is 11.3 Å². The van der Waals surface area contributed by atoms with Gasteiger partial charge in [0.15, 0.2) is 5.76 Å². The summed E-state index contributed by atoms with van der Waals surface area (Å²) in [6, 6.07) is 19.8. The number of nitrogens with zero attached hydrogens (tertiary/aromatic N) is 1. The fourth-order valence-corrected chi connectivity index (χ4v) is 2.35. The molecule has 1 heterocycles. The van der Waals surface area contributed by atoms with Crippen LogP contribution in [0.5, 0.6) is 5.75 Å². The lowest BCUT2D eigenvalue weighted by molar-refractivity contribution is 0.267. The van der Waals surface area contributed by atoms with Crippen molar-refractivity contribution in [2.24, 2.45) is 0 Å². The minimum absolute atomic E-state index is 0.119. The highest BCUT2D eigenvalue weighted by Gasteiger charge is 2.06. The van der Waals surface area contributed by atoms with Crippen molar-refractivity contribution in [1.29, 1.82) is 0 Å². The molecule has 1 N–H and O–H groups in total. The van der Waals surface area contributed by atoms with Crippen molar-refractivity contribution in [2.75, 3.05) is 6.61 Å². The summed E-state index contributed by atoms with van der Waals surface area (Å²) in [5.74, 6) is 1.48. The molecule has 1 aromatic heterocycles. The van der Waals surface area contributed by atoms with E-state index in [1.807, 2.05) is 30.3 Å². The quantitative estimate of drug-likeness (QED) is 0.674. The Balaban J connectivity index is 1.49. The zero-order valence-corrected chi connectivity index (χ0v) is 12.8. The molecule has 0 aliphatic carbocycles. The zero-order chi connectivity index (χ0) is 15.9. The lowest BCUT2D eigenvalue weighted by atomic mass is 10.1. The fraction of sp³-hybridized carbons (Fsp3) is 0.211. The molecule has 4 heteroatoms. The number of aliphatic hydroxyl groups excluding tert-OH is 1. The fourth-order valence-electron chi connectivity index (χ4n) is 2.35. The summed E-state index contributed by atoms with van der Waals surface area (Å²) in [7, 11) is 0. The maximum atomic E-state index is 9.00. The minimum atomic E-state index is -0.119. The number of aryl methyl sites for hydroxylation is 1. The standard InChI is InChI=1S/C19H19NO3/c21-14-17-13-19(23-20-17)16-8-10-18(11-9-16)22-12-4-7-15-5-2-1-3-6-15/h1-3,5-6,8-11,13,21H,4,7,12,14H2. The summed E-state index contributed by atoms with van der Waals surface area (Å²) in [6.45, 7) is 0.567. The Bertz CT molecular complexity index is 720. The third-order valence-electron chi connectivity index (χ3n) is 3.58. The van der Waals surface area contributed by atoms with Crippen molar-refractivity contribution in [2.45, 2.75) is 19.4 Å². The van der Waals surface area contributed by atoms with Crippen molar-refractivity contribution < 1.29 is 14.4 Å². The molecular weight excluding hydrogens is 290 g/mol. The molecular formula is C19H19NO3. The van der Waals surface area contributed by atoms with Crippen molar-refractivity contribution >= 4 is 0 Å². The molecule has 0 radical (unpaired) electrons. The monoisotopic (exact) mass is 309 g/mol. The van der Waals surface area contributed by atoms with E-state index in [-0.39, 0.29) is 6.61 Å². The Morgan fingerprint density at radius 2 is 1.78 bits per heavy atom. The molecule has 0 amide bonds. The van der Waals surface area contributed by atoms with Gasteiger partial charge in [0.1, 0.15) is 11.4 Å². The van der Waals surface area contributed by atoms with Crippen LogP contribution >= 0.6 is 0 Å². The van der Waals surface area contributed by atoms with Crippen molar-refractivity contribution in [3.05, 3.63) is 71.9 Å². The van der Waals surface area contributed by atoms with Crippen LogP contribution in [0.3, 0.4) is 0 Å². The Hall–Kier alpha value is -2.59. The molecule has 0 spiro atoms. The Labute approximate surface area is 135 Å². The van der Waals surface area contributed by atoms with Crippen LogP contribution in [0.15, 0.2) is 65.2 Å². The van der Waals surface area contributed by atoms with Gasteiger partial charge in [0.2, 0.25) is 0 Å². The van der Waals surface area contributed by atoms with E-state index in [1.54, 1.807) is 6.07 Å². The average molecular weight is 309 g/mol. The van der Waals surface area contributed by atoms with Gasteiger partial charge in [-0.25, -0.2) is 0 Å². The topological polar surface area (TPSA) is 55.5 Å². The summed E-state index contributed by atoms with van der Waals surface area (Å²) >= 11 is 0. The van der Waals surface area contributed by atoms with Gasteiger partial charge in [0.05, 0.1) is 13.2 Å². The first-order valence-electron chi connectivity index (χ1n) is 7.69. The van der Waals surface area contributed by atoms with Gasteiger partial charge >= 0.3 is 0 Å². The molecule has 2 aromatic carbocycles. The predicted octanol–water partition coefficient (Wildman–Crippen LogP) is 3.85. The van der Waals surface area contributed by atoms with E-state index < -0.39 is 0 Å². The van der Waals surface area contributed by atoms with Gasteiger partial charge < -0.3 is 14.4 Å². The van der Waals surface area contributed by atoms with Crippen LogP contribution in [0, 0.1) is 0 Å². The van der Waals surface area contributed by atoms with Gasteiger partial charge in [-0.3, -0.25) is 0 Å². The molecule has 0 aliphatic rings. The molecule has 3 rings (SSSR count). The summed E-state index contributed by atoms with van der Waals surface area (Å²) in [5, 5.41) is 12.8. The smallest absolute Gasteiger partial charge is 0.167 e. The molecule has 0 aliphatic heterocycles. The number of aliphatic hydroxyl groups is 1. The molecule has 118 valence electrons. The van der Waals surface area contributed by atoms with E-state index in [1.165, 1.54) is 5.56 Å². The number of hydrogen-bond acceptors (Lipinski definition) is 4. The second-order valence-electron chi connectivity index (χ2n) is 5.30. The minimum Gasteiger partial charge on any atom is -0.494 e.